The maximum Gasteiger partial charge on any atom is 0.117 e. The normalized spacial score (nSPS) is 19.1. The van der Waals surface area contributed by atoms with Crippen molar-refractivity contribution in [2.24, 2.45) is 4.99 Å². The summed E-state index contributed by atoms with van der Waals surface area (Å²) in [6.45, 7) is 0.848. The summed E-state index contributed by atoms with van der Waals surface area (Å²) in [7, 11) is 0. The van der Waals surface area contributed by atoms with Crippen LogP contribution >= 0.6 is 11.8 Å². The molecule has 2 nitrogen and oxygen atoms in total. The van der Waals surface area contributed by atoms with Crippen LogP contribution in [0.15, 0.2) is 59.7 Å². The molecule has 2 aromatic rings. The molecule has 3 heteroatoms. The van der Waals surface area contributed by atoms with Gasteiger partial charge in [-0.05, 0) is 17.7 Å². The van der Waals surface area contributed by atoms with Crippen LogP contribution in [0.25, 0.3) is 0 Å². The quantitative estimate of drug-likeness (QED) is 0.804. The summed E-state index contributed by atoms with van der Waals surface area (Å²) in [5.41, 5.74) is 2.32. The smallest absolute Gasteiger partial charge is 0.117 e. The highest BCUT2D eigenvalue weighted by molar-refractivity contribution is 8.14. The molecule has 0 saturated carbocycles. The number of hydrogen-bond acceptors (Lipinski definition) is 3. The van der Waals surface area contributed by atoms with Gasteiger partial charge in [-0.25, -0.2) is 0 Å². The minimum atomic E-state index is 0.438. The van der Waals surface area contributed by atoms with Crippen molar-refractivity contribution in [2.75, 3.05) is 6.54 Å². The van der Waals surface area contributed by atoms with Crippen LogP contribution in [0.5, 0.6) is 0 Å². The summed E-state index contributed by atoms with van der Waals surface area (Å²) in [5.74, 6) is 0. The van der Waals surface area contributed by atoms with Gasteiger partial charge in [-0.1, -0.05) is 48.2 Å². The van der Waals surface area contributed by atoms with E-state index in [0.717, 1.165) is 17.3 Å². The topological polar surface area (TPSA) is 25.2 Å². The fourth-order valence-electron chi connectivity index (χ4n) is 1.85. The van der Waals surface area contributed by atoms with Gasteiger partial charge in [0.25, 0.3) is 0 Å². The highest BCUT2D eigenvalue weighted by atomic mass is 32.2. The number of nitrogens with zero attached hydrogens (tertiary/aromatic N) is 2. The third-order valence-electron chi connectivity index (χ3n) is 2.71. The monoisotopic (exact) mass is 240 g/mol. The number of aliphatic imine (C=N–C) groups is 1. The summed E-state index contributed by atoms with van der Waals surface area (Å²) in [6, 6.07) is 16.5. The Morgan fingerprint density at radius 2 is 1.82 bits per heavy atom. The molecule has 0 N–H and O–H groups in total. The summed E-state index contributed by atoms with van der Waals surface area (Å²) in [6.07, 6.45) is 1.81. The van der Waals surface area contributed by atoms with E-state index in [1.165, 1.54) is 5.56 Å². The molecule has 0 unspecified atom stereocenters. The SMILES string of the molecule is c1ccc([C@H]2CN=C(c3ccccn3)S2)cc1. The van der Waals surface area contributed by atoms with E-state index in [0.29, 0.717) is 5.25 Å². The van der Waals surface area contributed by atoms with E-state index in [2.05, 4.69) is 34.2 Å². The van der Waals surface area contributed by atoms with Gasteiger partial charge in [-0.15, -0.1) is 0 Å². The molecule has 0 bridgehead atoms. The summed E-state index contributed by atoms with van der Waals surface area (Å²) < 4.78 is 0. The molecule has 0 radical (unpaired) electrons. The van der Waals surface area contributed by atoms with E-state index >= 15 is 0 Å². The van der Waals surface area contributed by atoms with Gasteiger partial charge in [0.15, 0.2) is 0 Å². The van der Waals surface area contributed by atoms with E-state index in [9.17, 15) is 0 Å². The molecule has 17 heavy (non-hydrogen) atoms. The van der Waals surface area contributed by atoms with Crippen molar-refractivity contribution in [3.05, 3.63) is 66.0 Å². The average molecular weight is 240 g/mol. The fraction of sp³-hybridized carbons (Fsp3) is 0.143. The number of hydrogen-bond donors (Lipinski definition) is 0. The molecule has 84 valence electrons. The van der Waals surface area contributed by atoms with Crippen molar-refractivity contribution in [1.29, 1.82) is 0 Å². The molecule has 0 amide bonds. The molecule has 0 fully saturated rings. The first-order valence-corrected chi connectivity index (χ1v) is 6.49. The van der Waals surface area contributed by atoms with Gasteiger partial charge >= 0.3 is 0 Å². The fourth-order valence-corrected chi connectivity index (χ4v) is 2.95. The maximum atomic E-state index is 4.58. The van der Waals surface area contributed by atoms with Crippen LogP contribution in [0, 0.1) is 0 Å². The van der Waals surface area contributed by atoms with Crippen molar-refractivity contribution < 1.29 is 0 Å². The Kier molecular flexibility index (Phi) is 2.92. The second-order valence-corrected chi connectivity index (χ2v) is 5.07. The third-order valence-corrected chi connectivity index (χ3v) is 3.98. The molecule has 1 aliphatic rings. The highest BCUT2D eigenvalue weighted by Gasteiger charge is 2.22. The number of rotatable bonds is 2. The second kappa shape index (κ2) is 4.72. The first kappa shape index (κ1) is 10.5. The van der Waals surface area contributed by atoms with E-state index in [1.54, 1.807) is 11.8 Å². The van der Waals surface area contributed by atoms with Gasteiger partial charge in [0.05, 0.1) is 17.5 Å². The first-order chi connectivity index (χ1) is 8.43. The molecule has 0 spiro atoms. The Hall–Kier alpha value is -1.61. The van der Waals surface area contributed by atoms with Gasteiger partial charge in [0.2, 0.25) is 0 Å². The minimum Gasteiger partial charge on any atom is -0.275 e. The third kappa shape index (κ3) is 2.24. The summed E-state index contributed by atoms with van der Waals surface area (Å²) >= 11 is 1.80. The van der Waals surface area contributed by atoms with E-state index in [1.807, 2.05) is 30.5 Å². The highest BCUT2D eigenvalue weighted by Crippen LogP contribution is 2.36. The zero-order valence-corrected chi connectivity index (χ0v) is 10.1. The Balaban J connectivity index is 1.78. The zero-order chi connectivity index (χ0) is 11.5. The summed E-state index contributed by atoms with van der Waals surface area (Å²) in [5, 5.41) is 1.49. The van der Waals surface area contributed by atoms with E-state index < -0.39 is 0 Å². The van der Waals surface area contributed by atoms with Crippen molar-refractivity contribution >= 4 is 16.8 Å². The van der Waals surface area contributed by atoms with Crippen LogP contribution in [0.3, 0.4) is 0 Å². The lowest BCUT2D eigenvalue weighted by Gasteiger charge is -2.07. The summed E-state index contributed by atoms with van der Waals surface area (Å²) in [4.78, 5) is 8.92. The predicted octanol–water partition coefficient (Wildman–Crippen LogP) is 3.32. The van der Waals surface area contributed by atoms with Crippen LogP contribution in [-0.2, 0) is 0 Å². The standard InChI is InChI=1S/C14H12N2S/c1-2-6-11(7-3-1)13-10-16-14(17-13)12-8-4-5-9-15-12/h1-9,13H,10H2/t13-/m1/s1. The lowest BCUT2D eigenvalue weighted by Crippen LogP contribution is -1.96. The molecule has 3 rings (SSSR count). The van der Waals surface area contributed by atoms with Crippen LogP contribution in [0.2, 0.25) is 0 Å². The van der Waals surface area contributed by atoms with E-state index in [4.69, 9.17) is 0 Å². The van der Waals surface area contributed by atoms with Crippen LogP contribution < -0.4 is 0 Å². The Labute approximate surface area is 105 Å². The average Bonchev–Trinajstić information content (AvgIpc) is 2.90. The van der Waals surface area contributed by atoms with Gasteiger partial charge in [-0.3, -0.25) is 9.98 Å². The minimum absolute atomic E-state index is 0.438. The lowest BCUT2D eigenvalue weighted by molar-refractivity contribution is 0.965. The number of thioether (sulfide) groups is 1. The zero-order valence-electron chi connectivity index (χ0n) is 9.28. The van der Waals surface area contributed by atoms with E-state index in [-0.39, 0.29) is 0 Å². The van der Waals surface area contributed by atoms with Gasteiger partial charge < -0.3 is 0 Å². The van der Waals surface area contributed by atoms with Crippen molar-refractivity contribution in [1.82, 2.24) is 4.98 Å². The van der Waals surface area contributed by atoms with Gasteiger partial charge in [0, 0.05) is 6.20 Å². The van der Waals surface area contributed by atoms with Gasteiger partial charge in [-0.2, -0.15) is 0 Å². The molecule has 1 aromatic heterocycles. The molecule has 0 aliphatic carbocycles. The lowest BCUT2D eigenvalue weighted by atomic mass is 10.1. The molecule has 0 saturated heterocycles. The van der Waals surface area contributed by atoms with Crippen LogP contribution in [0.4, 0.5) is 0 Å². The number of benzene rings is 1. The first-order valence-electron chi connectivity index (χ1n) is 5.61. The van der Waals surface area contributed by atoms with Crippen LogP contribution in [0.1, 0.15) is 16.5 Å². The van der Waals surface area contributed by atoms with Crippen molar-refractivity contribution in [2.45, 2.75) is 5.25 Å². The Morgan fingerprint density at radius 3 is 2.59 bits per heavy atom. The number of aromatic nitrogens is 1. The van der Waals surface area contributed by atoms with Crippen molar-refractivity contribution in [3.63, 3.8) is 0 Å². The second-order valence-electron chi connectivity index (χ2n) is 3.88. The van der Waals surface area contributed by atoms with Crippen LogP contribution in [-0.4, -0.2) is 16.6 Å². The molecule has 2 heterocycles. The maximum absolute atomic E-state index is 4.58. The largest absolute Gasteiger partial charge is 0.275 e. The predicted molar refractivity (Wildman–Crippen MR) is 72.4 cm³/mol. The molecule has 1 aromatic carbocycles. The Bertz CT molecular complexity index is 522. The molecular weight excluding hydrogens is 228 g/mol. The number of pyridine rings is 1. The molecule has 1 atom stereocenters. The Morgan fingerprint density at radius 1 is 1.00 bits per heavy atom. The van der Waals surface area contributed by atoms with Crippen molar-refractivity contribution in [3.8, 4) is 0 Å². The van der Waals surface area contributed by atoms with Gasteiger partial charge in [0.1, 0.15) is 5.04 Å². The molecule has 1 aliphatic heterocycles. The molecular formula is C14H12N2S.